The molecule has 0 saturated carbocycles. The molecule has 0 bridgehead atoms. The normalized spacial score (nSPS) is 23.1. The lowest BCUT2D eigenvalue weighted by Crippen LogP contribution is -2.49. The minimum Gasteiger partial charge on any atom is -0.507 e. The van der Waals surface area contributed by atoms with E-state index in [0.29, 0.717) is 79.1 Å². The zero-order valence-corrected chi connectivity index (χ0v) is 34.4. The van der Waals surface area contributed by atoms with Gasteiger partial charge in [0.2, 0.25) is 5.91 Å². The lowest BCUT2D eigenvalue weighted by atomic mass is 9.93. The van der Waals surface area contributed by atoms with Crippen LogP contribution in [0.5, 0.6) is 5.75 Å². The number of likely N-dealkylation sites (tertiary alicyclic amines) is 2. The van der Waals surface area contributed by atoms with Crippen LogP contribution in [0.25, 0.3) is 22.3 Å². The van der Waals surface area contributed by atoms with Crippen LogP contribution in [-0.2, 0) is 9.53 Å². The van der Waals surface area contributed by atoms with Gasteiger partial charge in [-0.3, -0.25) is 19.8 Å². The van der Waals surface area contributed by atoms with Crippen LogP contribution in [0.2, 0.25) is 0 Å². The fourth-order valence-corrected chi connectivity index (χ4v) is 9.37. The number of imide groups is 1. The van der Waals surface area contributed by atoms with E-state index in [-0.39, 0.29) is 48.7 Å². The molecule has 61 heavy (non-hydrogen) atoms. The number of halogens is 1. The van der Waals surface area contributed by atoms with Crippen LogP contribution in [0.1, 0.15) is 66.2 Å². The molecule has 0 unspecified atom stereocenters. The molecule has 5 aromatic rings. The number of benzene rings is 2. The molecule has 4 N–H and O–H groups in total. The van der Waals surface area contributed by atoms with E-state index in [1.54, 1.807) is 24.4 Å². The Morgan fingerprint density at radius 3 is 2.54 bits per heavy atom. The molecule has 4 fully saturated rings. The van der Waals surface area contributed by atoms with Gasteiger partial charge in [-0.1, -0.05) is 24.3 Å². The first-order chi connectivity index (χ1) is 29.5. The third kappa shape index (κ3) is 8.09. The lowest BCUT2D eigenvalue weighted by Gasteiger charge is -2.40. The highest BCUT2D eigenvalue weighted by atomic mass is 19.1. The van der Waals surface area contributed by atoms with E-state index >= 15 is 4.39 Å². The Labute approximate surface area is 353 Å². The molecule has 15 nitrogen and oxygen atoms in total. The molecule has 0 spiro atoms. The van der Waals surface area contributed by atoms with Gasteiger partial charge in [0.1, 0.15) is 23.7 Å². The average Bonchev–Trinajstić information content (AvgIpc) is 3.59. The highest BCUT2D eigenvalue weighted by Gasteiger charge is 2.35. The van der Waals surface area contributed by atoms with Crippen LogP contribution in [-0.4, -0.2) is 117 Å². The van der Waals surface area contributed by atoms with Crippen molar-refractivity contribution in [2.45, 2.75) is 63.9 Å². The molecular formula is C45H51FN10O5. The first-order valence-electron chi connectivity index (χ1n) is 21.1. The van der Waals surface area contributed by atoms with Crippen molar-refractivity contribution in [2.75, 3.05) is 68.0 Å². The maximum atomic E-state index is 16.0. The number of para-hydroxylation sites is 1. The fraction of sp³-hybridized carbons (Fsp3) is 0.422. The zero-order valence-electron chi connectivity index (χ0n) is 34.4. The van der Waals surface area contributed by atoms with Gasteiger partial charge in [0.05, 0.1) is 35.9 Å². The van der Waals surface area contributed by atoms with Crippen molar-refractivity contribution in [1.82, 2.24) is 34.9 Å². The predicted molar refractivity (Wildman–Crippen MR) is 229 cm³/mol. The predicted octanol–water partition coefficient (Wildman–Crippen LogP) is 5.64. The number of piperidine rings is 2. The van der Waals surface area contributed by atoms with Crippen LogP contribution in [0, 0.1) is 12.8 Å². The van der Waals surface area contributed by atoms with Gasteiger partial charge in [-0.25, -0.2) is 14.2 Å². The number of nitrogens with zero attached hydrogens (tertiary/aromatic N) is 8. The third-order valence-electron chi connectivity index (χ3n) is 12.8. The van der Waals surface area contributed by atoms with E-state index < -0.39 is 12.2 Å². The Bertz CT molecular complexity index is 2450. The molecule has 9 rings (SSSR count). The number of carbonyl (C=O) groups excluding carboxylic acids is 3. The molecule has 7 heterocycles. The number of morpholine rings is 1. The maximum Gasteiger partial charge on any atom is 0.328 e. The maximum absolute atomic E-state index is 16.0. The molecule has 3 aromatic heterocycles. The summed E-state index contributed by atoms with van der Waals surface area (Å²) in [5.74, 6) is 0.505. The van der Waals surface area contributed by atoms with Gasteiger partial charge in [0.15, 0.2) is 5.82 Å². The van der Waals surface area contributed by atoms with Crippen molar-refractivity contribution < 1.29 is 28.6 Å². The number of pyridine rings is 1. The van der Waals surface area contributed by atoms with Crippen LogP contribution in [0.4, 0.5) is 26.4 Å². The number of aromatic hydroxyl groups is 1. The molecule has 4 amide bonds. The second kappa shape index (κ2) is 16.7. The number of fused-ring (bicyclic) bond motifs is 1. The van der Waals surface area contributed by atoms with Gasteiger partial charge in [-0.2, -0.15) is 0 Å². The number of hydrogen-bond acceptors (Lipinski definition) is 11. The Kier molecular flexibility index (Phi) is 11.0. The summed E-state index contributed by atoms with van der Waals surface area (Å²) < 4.78 is 24.2. The van der Waals surface area contributed by atoms with Crippen molar-refractivity contribution >= 4 is 46.1 Å². The summed E-state index contributed by atoms with van der Waals surface area (Å²) in [5.41, 5.74) is 12.0. The summed E-state index contributed by atoms with van der Waals surface area (Å²) in [6.07, 6.45) is 4.85. The number of alkyl halides is 1. The smallest absolute Gasteiger partial charge is 0.328 e. The van der Waals surface area contributed by atoms with Crippen molar-refractivity contribution in [3.05, 3.63) is 89.7 Å². The highest BCUT2D eigenvalue weighted by Crippen LogP contribution is 2.37. The number of rotatable bonds is 8. The molecule has 4 saturated heterocycles. The molecule has 0 radical (unpaired) electrons. The van der Waals surface area contributed by atoms with Crippen LogP contribution >= 0.6 is 0 Å². The number of aryl methyl sites for hydroxylation is 1. The average molecular weight is 831 g/mol. The van der Waals surface area contributed by atoms with E-state index in [0.717, 1.165) is 48.1 Å². The second-order valence-corrected chi connectivity index (χ2v) is 16.9. The number of nitrogens with two attached hydrogens (primary N) is 1. The van der Waals surface area contributed by atoms with Crippen molar-refractivity contribution in [1.29, 1.82) is 0 Å². The quantitative estimate of drug-likeness (QED) is 0.177. The number of amides is 4. The summed E-state index contributed by atoms with van der Waals surface area (Å²) in [5, 5.41) is 22.1. The minimum atomic E-state index is -1.08. The van der Waals surface area contributed by atoms with E-state index in [1.807, 2.05) is 65.1 Å². The summed E-state index contributed by atoms with van der Waals surface area (Å²) >= 11 is 0. The van der Waals surface area contributed by atoms with Crippen LogP contribution in [0.15, 0.2) is 73.1 Å². The number of carbonyl (C=O) groups is 3. The largest absolute Gasteiger partial charge is 0.507 e. The topological polar surface area (TPSA) is 175 Å². The van der Waals surface area contributed by atoms with Gasteiger partial charge in [0.25, 0.3) is 5.91 Å². The van der Waals surface area contributed by atoms with E-state index in [9.17, 15) is 19.5 Å². The summed E-state index contributed by atoms with van der Waals surface area (Å²) in [6.45, 7) is 8.52. The molecular weight excluding hydrogens is 780 g/mol. The van der Waals surface area contributed by atoms with Gasteiger partial charge < -0.3 is 34.8 Å². The van der Waals surface area contributed by atoms with E-state index in [1.165, 1.54) is 4.90 Å². The minimum absolute atomic E-state index is 0.00560. The first kappa shape index (κ1) is 40.3. The van der Waals surface area contributed by atoms with Crippen LogP contribution < -0.4 is 20.9 Å². The Hall–Kier alpha value is -6.13. The van der Waals surface area contributed by atoms with Crippen molar-refractivity contribution in [2.24, 2.45) is 5.92 Å². The van der Waals surface area contributed by atoms with Gasteiger partial charge in [-0.05, 0) is 86.6 Å². The van der Waals surface area contributed by atoms with Crippen molar-refractivity contribution in [3.8, 4) is 17.0 Å². The number of anilines is 3. The molecule has 4 aliphatic rings. The first-order valence-corrected chi connectivity index (χ1v) is 21.1. The number of hydrogen-bond donors (Lipinski definition) is 3. The monoisotopic (exact) mass is 830 g/mol. The Morgan fingerprint density at radius 2 is 1.79 bits per heavy atom. The van der Waals surface area contributed by atoms with Crippen molar-refractivity contribution in [3.63, 3.8) is 0 Å². The number of ether oxygens (including phenoxy) is 1. The van der Waals surface area contributed by atoms with Gasteiger partial charge in [-0.15, -0.1) is 10.2 Å². The van der Waals surface area contributed by atoms with Gasteiger partial charge in [0, 0.05) is 81.0 Å². The summed E-state index contributed by atoms with van der Waals surface area (Å²) in [6, 6.07) is 17.6. The number of phenols is 1. The number of nitrogen functional groups attached to an aromatic ring is 1. The van der Waals surface area contributed by atoms with E-state index in [2.05, 4.69) is 37.2 Å². The molecule has 0 aliphatic carbocycles. The Morgan fingerprint density at radius 1 is 1.00 bits per heavy atom. The van der Waals surface area contributed by atoms with Gasteiger partial charge >= 0.3 is 6.03 Å². The molecule has 2 aromatic carbocycles. The standard InChI is InChI=1S/C45H51FN10O5/c1-27-22-56(43-34(27)19-32(21-48-43)54-18-14-41(58)49-45(54)60)37-13-15-52(24-35(37)46)23-29-11-16-53(17-12-29)44(59)31-9-7-30(8-10-31)40-25-55(28(2)26-61-40)38-20-36(50-51-42(38)47)33-5-3-4-6-39(33)57/h3-10,19-22,28-29,35,37,40,57H,11-18,23-26H2,1-2H3,(H2,47,51)(H,49,58,60)/t28-,35+,37+,40+/m1/s1. The zero-order chi connectivity index (χ0) is 42.4. The number of urea groups is 1. The van der Waals surface area contributed by atoms with Crippen LogP contribution in [0.3, 0.4) is 0 Å². The Balaban J connectivity index is 0.772. The second-order valence-electron chi connectivity index (χ2n) is 16.9. The highest BCUT2D eigenvalue weighted by molar-refractivity contribution is 6.06. The molecule has 16 heteroatoms. The molecule has 318 valence electrons. The number of nitrogens with one attached hydrogen (secondary N) is 1. The third-order valence-corrected chi connectivity index (χ3v) is 12.8. The summed E-state index contributed by atoms with van der Waals surface area (Å²) in [4.78, 5) is 50.2. The summed E-state index contributed by atoms with van der Waals surface area (Å²) in [7, 11) is 0. The number of phenolic OH excluding ortho intramolecular Hbond substituents is 1. The number of aromatic nitrogens is 4. The van der Waals surface area contributed by atoms with E-state index in [4.69, 9.17) is 10.5 Å². The molecule has 4 atom stereocenters. The lowest BCUT2D eigenvalue weighted by molar-refractivity contribution is -0.120. The fourth-order valence-electron chi connectivity index (χ4n) is 9.37. The molecule has 4 aliphatic heterocycles. The SMILES string of the molecule is Cc1cn([C@H]2CCN(CC3CCN(C(=O)c4ccc([C@@H]5CN(c6cc(-c7ccccc7O)nnc6N)[C@H](C)CO5)cc4)CC3)C[C@@H]2F)c2ncc(N3CCC(=O)NC3=O)cc12.